The summed E-state index contributed by atoms with van der Waals surface area (Å²) in [4.78, 5) is 47.3. The molecular formula is C12H14N3O8+. The van der Waals surface area contributed by atoms with Crippen LogP contribution in [0.15, 0.2) is 13.6 Å². The fourth-order valence-corrected chi connectivity index (χ4v) is 1.50. The first-order chi connectivity index (χ1) is 10.8. The highest BCUT2D eigenvalue weighted by molar-refractivity contribution is 6.25. The third kappa shape index (κ3) is 5.98. The van der Waals surface area contributed by atoms with E-state index in [1.807, 2.05) is 0 Å². The standard InChI is InChI=1S/C12H13N3O8/c1-6-9(23-12(20)22-6)5-21-11(19)15-8(10(17)18)3-2-7(16)4-14-13/h4,8,13H,2-3,5H2,1H3,(H-,15,17,18,19)/p+1/t8-/m0/s1. The summed E-state index contributed by atoms with van der Waals surface area (Å²) in [6.07, 6.45) is -0.743. The molecule has 23 heavy (non-hydrogen) atoms. The van der Waals surface area contributed by atoms with Crippen LogP contribution in [0.5, 0.6) is 0 Å². The fourth-order valence-electron chi connectivity index (χ4n) is 1.50. The van der Waals surface area contributed by atoms with E-state index in [2.05, 4.69) is 18.9 Å². The molecule has 1 rings (SSSR count). The van der Waals surface area contributed by atoms with E-state index in [9.17, 15) is 19.2 Å². The second kappa shape index (κ2) is 8.29. The van der Waals surface area contributed by atoms with Crippen molar-refractivity contribution in [1.29, 1.82) is 5.53 Å². The average Bonchev–Trinajstić information content (AvgIpc) is 2.79. The van der Waals surface area contributed by atoms with Gasteiger partial charge in [-0.05, 0) is 13.3 Å². The third-order valence-corrected chi connectivity index (χ3v) is 2.65. The first-order valence-electron chi connectivity index (χ1n) is 6.31. The van der Waals surface area contributed by atoms with Gasteiger partial charge in [-0.3, -0.25) is 4.79 Å². The predicted octanol–water partition coefficient (Wildman–Crippen LogP) is -0.120. The summed E-state index contributed by atoms with van der Waals surface area (Å²) in [6.45, 7) is 1.02. The van der Waals surface area contributed by atoms with Gasteiger partial charge < -0.3 is 24.0 Å². The summed E-state index contributed by atoms with van der Waals surface area (Å²) >= 11 is 0. The lowest BCUT2D eigenvalue weighted by Crippen LogP contribution is -2.41. The number of ether oxygens (including phenoxy) is 1. The molecule has 0 aromatic carbocycles. The zero-order chi connectivity index (χ0) is 17.4. The summed E-state index contributed by atoms with van der Waals surface area (Å²) < 4.78 is 13.9. The van der Waals surface area contributed by atoms with Crippen LogP contribution in [0.3, 0.4) is 0 Å². The van der Waals surface area contributed by atoms with Crippen LogP contribution < -0.4 is 11.1 Å². The summed E-state index contributed by atoms with van der Waals surface area (Å²) in [6, 6.07) is -1.36. The lowest BCUT2D eigenvalue weighted by Gasteiger charge is -2.13. The normalized spacial score (nSPS) is 11.2. The highest BCUT2D eigenvalue weighted by Gasteiger charge is 2.22. The Morgan fingerprint density at radius 1 is 1.43 bits per heavy atom. The van der Waals surface area contributed by atoms with Gasteiger partial charge in [-0.25, -0.2) is 14.4 Å². The molecule has 1 atom stereocenters. The van der Waals surface area contributed by atoms with Crippen molar-refractivity contribution < 1.29 is 37.9 Å². The molecule has 0 aliphatic rings. The third-order valence-electron chi connectivity index (χ3n) is 2.65. The number of nitrogens with one attached hydrogen (secondary N) is 2. The number of aryl methyl sites for hydroxylation is 1. The highest BCUT2D eigenvalue weighted by atomic mass is 16.6. The van der Waals surface area contributed by atoms with Crippen LogP contribution in [0.1, 0.15) is 24.4 Å². The topological polar surface area (TPSA) is 174 Å². The van der Waals surface area contributed by atoms with Gasteiger partial charge in [0.05, 0.1) is 10.3 Å². The summed E-state index contributed by atoms with van der Waals surface area (Å²) in [5, 5.41) is 11.0. The first kappa shape index (κ1) is 17.9. The van der Waals surface area contributed by atoms with E-state index >= 15 is 0 Å². The Hall–Kier alpha value is -3.20. The van der Waals surface area contributed by atoms with Crippen LogP contribution in [0.4, 0.5) is 4.79 Å². The molecule has 0 saturated heterocycles. The number of hydrogen-bond acceptors (Lipinski definition) is 8. The van der Waals surface area contributed by atoms with E-state index in [1.54, 1.807) is 0 Å². The van der Waals surface area contributed by atoms with E-state index in [4.69, 9.17) is 15.4 Å². The zero-order valence-corrected chi connectivity index (χ0v) is 12.0. The molecule has 0 aliphatic heterocycles. The minimum atomic E-state index is -1.36. The molecule has 0 bridgehead atoms. The molecule has 0 spiro atoms. The molecule has 11 nitrogen and oxygen atoms in total. The van der Waals surface area contributed by atoms with E-state index in [-0.39, 0.29) is 24.4 Å². The number of carbonyl (C=O) groups is 3. The van der Waals surface area contributed by atoms with Crippen LogP contribution in [-0.4, -0.2) is 40.0 Å². The second-order valence-electron chi connectivity index (χ2n) is 4.31. The quantitative estimate of drug-likeness (QED) is 0.336. The predicted molar refractivity (Wildman–Crippen MR) is 70.0 cm³/mol. The van der Waals surface area contributed by atoms with Crippen LogP contribution >= 0.6 is 0 Å². The number of rotatable bonds is 8. The lowest BCUT2D eigenvalue weighted by atomic mass is 10.1. The smallest absolute Gasteiger partial charge is 0.480 e. The maximum atomic E-state index is 11.5. The summed E-state index contributed by atoms with van der Waals surface area (Å²) in [7, 11) is 0. The first-order valence-corrected chi connectivity index (χ1v) is 6.31. The Morgan fingerprint density at radius 3 is 2.65 bits per heavy atom. The van der Waals surface area contributed by atoms with Crippen molar-refractivity contribution >= 4 is 24.1 Å². The zero-order valence-electron chi connectivity index (χ0n) is 12.0. The number of amides is 1. The average molecular weight is 328 g/mol. The van der Waals surface area contributed by atoms with Crippen molar-refractivity contribution in [2.45, 2.75) is 32.4 Å². The molecule has 124 valence electrons. The Balaban J connectivity index is 2.52. The van der Waals surface area contributed by atoms with Gasteiger partial charge in [0.2, 0.25) is 5.78 Å². The van der Waals surface area contributed by atoms with Crippen molar-refractivity contribution in [2.24, 2.45) is 0 Å². The van der Waals surface area contributed by atoms with Crippen LogP contribution in [0.2, 0.25) is 0 Å². The van der Waals surface area contributed by atoms with Gasteiger partial charge in [0.15, 0.2) is 18.1 Å². The lowest BCUT2D eigenvalue weighted by molar-refractivity contribution is -0.139. The van der Waals surface area contributed by atoms with E-state index in [0.29, 0.717) is 0 Å². The van der Waals surface area contributed by atoms with Gasteiger partial charge >= 0.3 is 24.1 Å². The second-order valence-corrected chi connectivity index (χ2v) is 4.31. The van der Waals surface area contributed by atoms with Crippen LogP contribution in [0.25, 0.3) is 0 Å². The maximum absolute atomic E-state index is 11.5. The maximum Gasteiger partial charge on any atom is 0.519 e. The molecule has 1 aromatic heterocycles. The Kier molecular flexibility index (Phi) is 6.44. The SMILES string of the molecule is Cc1oc(=O)oc1COC(=O)N[C@@H](CCC(=O)C=[N+]=N)C(=O)O. The van der Waals surface area contributed by atoms with Crippen molar-refractivity contribution in [3.8, 4) is 0 Å². The summed E-state index contributed by atoms with van der Waals surface area (Å²) in [5.74, 6) is -2.71. The monoisotopic (exact) mass is 328 g/mol. The highest BCUT2D eigenvalue weighted by Crippen LogP contribution is 2.07. The largest absolute Gasteiger partial charge is 0.519 e. The van der Waals surface area contributed by atoms with Crippen molar-refractivity contribution in [3.05, 3.63) is 22.1 Å². The van der Waals surface area contributed by atoms with E-state index < -0.39 is 36.3 Å². The molecule has 1 aromatic rings. The van der Waals surface area contributed by atoms with Gasteiger partial charge in [0.1, 0.15) is 6.04 Å². The van der Waals surface area contributed by atoms with Gasteiger partial charge in [0.25, 0.3) is 0 Å². The van der Waals surface area contributed by atoms with E-state index in [1.165, 1.54) is 6.92 Å². The van der Waals surface area contributed by atoms with Gasteiger partial charge in [-0.2, -0.15) is 0 Å². The molecule has 11 heteroatoms. The minimum Gasteiger partial charge on any atom is -0.480 e. The Bertz CT molecular complexity index is 697. The fraction of sp³-hybridized carbons (Fsp3) is 0.417. The number of ketones is 1. The van der Waals surface area contributed by atoms with Crippen LogP contribution in [-0.2, 0) is 20.9 Å². The van der Waals surface area contributed by atoms with Gasteiger partial charge in [-0.1, -0.05) is 0 Å². The van der Waals surface area contributed by atoms with Gasteiger partial charge in [0, 0.05) is 6.42 Å². The molecular weight excluding hydrogens is 314 g/mol. The minimum absolute atomic E-state index is 0.00106. The number of nitrogens with zero attached hydrogens (tertiary/aromatic N) is 1. The molecule has 0 unspecified atom stereocenters. The number of alkyl carbamates (subject to hydrolysis) is 1. The molecule has 0 radical (unpaired) electrons. The van der Waals surface area contributed by atoms with Crippen molar-refractivity contribution in [3.63, 3.8) is 0 Å². The molecule has 1 heterocycles. The number of carboxylic acids is 1. The number of aliphatic carboxylic acids is 1. The molecule has 0 fully saturated rings. The molecule has 0 saturated carbocycles. The van der Waals surface area contributed by atoms with Gasteiger partial charge in [-0.15, -0.1) is 0 Å². The number of carbonyl (C=O) groups excluding carboxylic acids is 2. The van der Waals surface area contributed by atoms with Crippen LogP contribution in [0, 0.1) is 12.5 Å². The molecule has 0 aliphatic carbocycles. The molecule has 1 amide bonds. The number of carboxylic acid groups (broad SMARTS) is 1. The van der Waals surface area contributed by atoms with Crippen molar-refractivity contribution in [1.82, 2.24) is 5.32 Å². The number of hydrogen-bond donors (Lipinski definition) is 3. The molecule has 3 N–H and O–H groups in total. The van der Waals surface area contributed by atoms with Crippen molar-refractivity contribution in [2.75, 3.05) is 0 Å². The Morgan fingerprint density at radius 2 is 2.13 bits per heavy atom. The van der Waals surface area contributed by atoms with E-state index in [0.717, 1.165) is 6.21 Å². The Labute approximate surface area is 128 Å². The summed E-state index contributed by atoms with van der Waals surface area (Å²) in [5.41, 5.74) is 6.48. The number of Topliss-reactive ketones (excluding diaryl/α,β-unsaturated/α-hetero) is 1.